The fraction of sp³-hybridized carbons (Fsp3) is 0.929. The van der Waals surface area contributed by atoms with Crippen molar-refractivity contribution in [2.45, 2.75) is 58.5 Å². The molecule has 2 N–H and O–H groups in total. The average molecular weight is 254 g/mol. The third kappa shape index (κ3) is 5.71. The quantitative estimate of drug-likeness (QED) is 0.596. The molecule has 4 nitrogen and oxygen atoms in total. The van der Waals surface area contributed by atoms with Gasteiger partial charge in [0.05, 0.1) is 0 Å². The van der Waals surface area contributed by atoms with Crippen LogP contribution in [0.3, 0.4) is 0 Å². The monoisotopic (exact) mass is 254 g/mol. The second kappa shape index (κ2) is 6.98. The maximum absolute atomic E-state index is 4.25. The van der Waals surface area contributed by atoms with Crippen LogP contribution in [0.1, 0.15) is 47.0 Å². The summed E-state index contributed by atoms with van der Waals surface area (Å²) in [7, 11) is 1.82. The molecule has 0 radical (unpaired) electrons. The summed E-state index contributed by atoms with van der Waals surface area (Å²) in [4.78, 5) is 6.82. The fourth-order valence-corrected chi connectivity index (χ4v) is 2.34. The van der Waals surface area contributed by atoms with Gasteiger partial charge in [0, 0.05) is 31.7 Å². The van der Waals surface area contributed by atoms with Gasteiger partial charge in [0.25, 0.3) is 0 Å². The number of guanidine groups is 1. The molecule has 1 aliphatic rings. The van der Waals surface area contributed by atoms with Crippen molar-refractivity contribution in [3.8, 4) is 0 Å². The van der Waals surface area contributed by atoms with Gasteiger partial charge in [-0.15, -0.1) is 0 Å². The van der Waals surface area contributed by atoms with E-state index in [1.807, 2.05) is 7.05 Å². The average Bonchev–Trinajstić information content (AvgIpc) is 2.28. The van der Waals surface area contributed by atoms with Crippen molar-refractivity contribution in [1.82, 2.24) is 15.5 Å². The summed E-state index contributed by atoms with van der Waals surface area (Å²) in [6.45, 7) is 12.1. The van der Waals surface area contributed by atoms with Gasteiger partial charge in [-0.25, -0.2) is 0 Å². The van der Waals surface area contributed by atoms with E-state index < -0.39 is 0 Å². The second-order valence-corrected chi connectivity index (χ2v) is 6.25. The number of likely N-dealkylation sites (tertiary alicyclic amines) is 1. The van der Waals surface area contributed by atoms with Crippen molar-refractivity contribution in [3.63, 3.8) is 0 Å². The Bertz CT molecular complexity index is 267. The van der Waals surface area contributed by atoms with Gasteiger partial charge in [-0.05, 0) is 47.1 Å². The first kappa shape index (κ1) is 15.3. The molecule has 0 aromatic carbocycles. The van der Waals surface area contributed by atoms with E-state index in [1.54, 1.807) is 0 Å². The number of hydrogen-bond acceptors (Lipinski definition) is 2. The molecular weight excluding hydrogens is 224 g/mol. The number of rotatable bonds is 3. The Morgan fingerprint density at radius 3 is 2.61 bits per heavy atom. The summed E-state index contributed by atoms with van der Waals surface area (Å²) >= 11 is 0. The molecular formula is C14H30N4. The topological polar surface area (TPSA) is 39.7 Å². The Morgan fingerprint density at radius 1 is 1.33 bits per heavy atom. The maximum atomic E-state index is 4.25. The van der Waals surface area contributed by atoms with Gasteiger partial charge < -0.3 is 10.6 Å². The molecule has 0 spiro atoms. The third-order valence-corrected chi connectivity index (χ3v) is 3.35. The van der Waals surface area contributed by atoms with E-state index in [-0.39, 0.29) is 5.54 Å². The molecule has 1 heterocycles. The minimum atomic E-state index is 0.0558. The highest BCUT2D eigenvalue weighted by atomic mass is 15.2. The van der Waals surface area contributed by atoms with Crippen LogP contribution >= 0.6 is 0 Å². The van der Waals surface area contributed by atoms with Crippen LogP contribution in [0, 0.1) is 0 Å². The van der Waals surface area contributed by atoms with Gasteiger partial charge >= 0.3 is 0 Å². The lowest BCUT2D eigenvalue weighted by Crippen LogP contribution is -2.50. The lowest BCUT2D eigenvalue weighted by atomic mass is 10.0. The van der Waals surface area contributed by atoms with Crippen molar-refractivity contribution in [2.75, 3.05) is 26.7 Å². The Labute approximate surface area is 112 Å². The Morgan fingerprint density at radius 2 is 2.06 bits per heavy atom. The van der Waals surface area contributed by atoms with Crippen molar-refractivity contribution in [2.24, 2.45) is 4.99 Å². The lowest BCUT2D eigenvalue weighted by molar-refractivity contribution is 0.163. The molecule has 1 atom stereocenters. The van der Waals surface area contributed by atoms with E-state index in [0.717, 1.165) is 25.1 Å². The predicted molar refractivity (Wildman–Crippen MR) is 79.1 cm³/mol. The molecule has 4 heteroatoms. The molecule has 18 heavy (non-hydrogen) atoms. The summed E-state index contributed by atoms with van der Waals surface area (Å²) < 4.78 is 0. The fourth-order valence-electron chi connectivity index (χ4n) is 2.34. The number of hydrogen-bond donors (Lipinski definition) is 2. The summed E-state index contributed by atoms with van der Waals surface area (Å²) in [5.41, 5.74) is 0.0558. The van der Waals surface area contributed by atoms with Crippen molar-refractivity contribution < 1.29 is 0 Å². The highest BCUT2D eigenvalue weighted by Gasteiger charge is 2.17. The van der Waals surface area contributed by atoms with Gasteiger partial charge in [0.2, 0.25) is 0 Å². The Balaban J connectivity index is 2.27. The molecule has 0 aromatic rings. The van der Waals surface area contributed by atoms with E-state index in [9.17, 15) is 0 Å². The minimum absolute atomic E-state index is 0.0558. The lowest BCUT2D eigenvalue weighted by Gasteiger charge is -2.33. The smallest absolute Gasteiger partial charge is 0.191 e. The summed E-state index contributed by atoms with van der Waals surface area (Å²) in [5, 5.41) is 6.77. The van der Waals surface area contributed by atoms with Gasteiger partial charge in [0.15, 0.2) is 5.96 Å². The SMILES string of the molecule is CN=C(NCCN1CCCCC1C)NC(C)(C)C. The van der Waals surface area contributed by atoms with E-state index >= 15 is 0 Å². The van der Waals surface area contributed by atoms with E-state index in [1.165, 1.54) is 25.8 Å². The third-order valence-electron chi connectivity index (χ3n) is 3.35. The van der Waals surface area contributed by atoms with Gasteiger partial charge in [0.1, 0.15) is 0 Å². The zero-order valence-corrected chi connectivity index (χ0v) is 12.7. The minimum Gasteiger partial charge on any atom is -0.355 e. The number of nitrogens with zero attached hydrogens (tertiary/aromatic N) is 2. The largest absolute Gasteiger partial charge is 0.355 e. The van der Waals surface area contributed by atoms with Gasteiger partial charge in [-0.3, -0.25) is 9.89 Å². The Hall–Kier alpha value is -0.770. The van der Waals surface area contributed by atoms with Crippen LogP contribution in [-0.2, 0) is 0 Å². The van der Waals surface area contributed by atoms with Crippen LogP contribution in [0.5, 0.6) is 0 Å². The van der Waals surface area contributed by atoms with Crippen LogP contribution in [0.25, 0.3) is 0 Å². The van der Waals surface area contributed by atoms with Crippen LogP contribution in [-0.4, -0.2) is 49.1 Å². The highest BCUT2D eigenvalue weighted by Crippen LogP contribution is 2.15. The molecule has 1 rings (SSSR count). The van der Waals surface area contributed by atoms with E-state index in [4.69, 9.17) is 0 Å². The van der Waals surface area contributed by atoms with Crippen molar-refractivity contribution >= 4 is 5.96 Å². The van der Waals surface area contributed by atoms with Crippen LogP contribution < -0.4 is 10.6 Å². The molecule has 0 amide bonds. The predicted octanol–water partition coefficient (Wildman–Crippen LogP) is 1.82. The van der Waals surface area contributed by atoms with Gasteiger partial charge in [-0.1, -0.05) is 6.42 Å². The molecule has 1 saturated heterocycles. The maximum Gasteiger partial charge on any atom is 0.191 e. The first-order chi connectivity index (χ1) is 8.42. The second-order valence-electron chi connectivity index (χ2n) is 6.25. The molecule has 1 unspecified atom stereocenters. The zero-order chi connectivity index (χ0) is 13.6. The number of aliphatic imine (C=N–C) groups is 1. The highest BCUT2D eigenvalue weighted by molar-refractivity contribution is 5.80. The molecule has 1 aliphatic heterocycles. The molecule has 0 saturated carbocycles. The van der Waals surface area contributed by atoms with E-state index in [0.29, 0.717) is 0 Å². The normalized spacial score (nSPS) is 22.9. The van der Waals surface area contributed by atoms with Crippen LogP contribution in [0.2, 0.25) is 0 Å². The van der Waals surface area contributed by atoms with Crippen LogP contribution in [0.15, 0.2) is 4.99 Å². The number of piperidine rings is 1. The molecule has 0 bridgehead atoms. The first-order valence-electron chi connectivity index (χ1n) is 7.15. The molecule has 106 valence electrons. The first-order valence-corrected chi connectivity index (χ1v) is 7.15. The zero-order valence-electron chi connectivity index (χ0n) is 12.7. The molecule has 0 aliphatic carbocycles. The van der Waals surface area contributed by atoms with E-state index in [2.05, 4.69) is 48.2 Å². The summed E-state index contributed by atoms with van der Waals surface area (Å²) in [6.07, 6.45) is 4.08. The molecule has 1 fully saturated rings. The standard InChI is InChI=1S/C14H30N4/c1-12-8-6-7-10-18(12)11-9-16-13(15-5)17-14(2,3)4/h12H,6-11H2,1-5H3,(H2,15,16,17). The number of nitrogens with one attached hydrogen (secondary N) is 2. The van der Waals surface area contributed by atoms with Crippen LogP contribution in [0.4, 0.5) is 0 Å². The van der Waals surface area contributed by atoms with Gasteiger partial charge in [-0.2, -0.15) is 0 Å². The van der Waals surface area contributed by atoms with Crippen molar-refractivity contribution in [1.29, 1.82) is 0 Å². The van der Waals surface area contributed by atoms with Crippen molar-refractivity contribution in [3.05, 3.63) is 0 Å². The summed E-state index contributed by atoms with van der Waals surface area (Å²) in [5.74, 6) is 0.896. The summed E-state index contributed by atoms with van der Waals surface area (Å²) in [6, 6.07) is 0.734. The Kier molecular flexibility index (Phi) is 5.93. The molecule has 0 aromatic heterocycles.